The van der Waals surface area contributed by atoms with E-state index < -0.39 is 0 Å². The van der Waals surface area contributed by atoms with Crippen LogP contribution in [0, 0.1) is 6.92 Å². The van der Waals surface area contributed by atoms with E-state index in [9.17, 15) is 4.79 Å². The lowest BCUT2D eigenvalue weighted by Crippen LogP contribution is -2.35. The molecule has 94 valence electrons. The molecule has 0 saturated heterocycles. The van der Waals surface area contributed by atoms with Crippen LogP contribution >= 0.6 is 0 Å². The highest BCUT2D eigenvalue weighted by molar-refractivity contribution is 5.76. The van der Waals surface area contributed by atoms with Gasteiger partial charge in [0.15, 0.2) is 0 Å². The molecule has 0 aromatic heterocycles. The van der Waals surface area contributed by atoms with E-state index in [2.05, 4.69) is 5.32 Å². The van der Waals surface area contributed by atoms with Crippen LogP contribution in [0.5, 0.6) is 5.75 Å². The van der Waals surface area contributed by atoms with Gasteiger partial charge in [0.05, 0.1) is 13.0 Å². The molecule has 1 atom stereocenters. The number of hydrogen-bond acceptors (Lipinski definition) is 3. The van der Waals surface area contributed by atoms with Gasteiger partial charge < -0.3 is 15.8 Å². The number of amides is 1. The molecule has 17 heavy (non-hydrogen) atoms. The summed E-state index contributed by atoms with van der Waals surface area (Å²) in [5.74, 6) is 0.795. The Morgan fingerprint density at radius 2 is 2.18 bits per heavy atom. The van der Waals surface area contributed by atoms with Crippen molar-refractivity contribution in [3.63, 3.8) is 0 Å². The van der Waals surface area contributed by atoms with Crippen molar-refractivity contribution in [2.75, 3.05) is 13.2 Å². The topological polar surface area (TPSA) is 64.3 Å². The fourth-order valence-electron chi connectivity index (χ4n) is 1.34. The molecule has 0 saturated carbocycles. The van der Waals surface area contributed by atoms with Crippen molar-refractivity contribution < 1.29 is 9.53 Å². The van der Waals surface area contributed by atoms with Gasteiger partial charge in [-0.1, -0.05) is 18.2 Å². The molecule has 0 aliphatic heterocycles. The molecule has 1 rings (SSSR count). The Hall–Kier alpha value is -1.55. The molecular weight excluding hydrogens is 216 g/mol. The monoisotopic (exact) mass is 236 g/mol. The highest BCUT2D eigenvalue weighted by atomic mass is 16.5. The van der Waals surface area contributed by atoms with Gasteiger partial charge in [-0.2, -0.15) is 0 Å². The van der Waals surface area contributed by atoms with Crippen LogP contribution in [-0.2, 0) is 4.79 Å². The van der Waals surface area contributed by atoms with E-state index in [1.807, 2.05) is 38.1 Å². The summed E-state index contributed by atoms with van der Waals surface area (Å²) in [5.41, 5.74) is 6.61. The highest BCUT2D eigenvalue weighted by Crippen LogP contribution is 2.15. The zero-order chi connectivity index (χ0) is 12.7. The van der Waals surface area contributed by atoms with Gasteiger partial charge in [-0.15, -0.1) is 0 Å². The zero-order valence-corrected chi connectivity index (χ0v) is 10.4. The summed E-state index contributed by atoms with van der Waals surface area (Å²) in [6.07, 6.45) is 0.348. The molecule has 3 N–H and O–H groups in total. The fraction of sp³-hybridized carbons (Fsp3) is 0.462. The molecule has 4 heteroatoms. The standard InChI is InChI=1S/C13H20N2O2/c1-10-5-3-4-6-12(10)17-8-7-13(16)15-9-11(2)14/h3-6,11H,7-9,14H2,1-2H3,(H,15,16). The summed E-state index contributed by atoms with van der Waals surface area (Å²) >= 11 is 0. The molecule has 0 bridgehead atoms. The van der Waals surface area contributed by atoms with Gasteiger partial charge in [0, 0.05) is 12.6 Å². The Labute approximate surface area is 102 Å². The van der Waals surface area contributed by atoms with Gasteiger partial charge in [0.1, 0.15) is 5.75 Å². The van der Waals surface area contributed by atoms with Crippen molar-refractivity contribution >= 4 is 5.91 Å². The molecule has 0 radical (unpaired) electrons. The van der Waals surface area contributed by atoms with Gasteiger partial charge in [-0.25, -0.2) is 0 Å². The van der Waals surface area contributed by atoms with E-state index in [0.717, 1.165) is 11.3 Å². The quantitative estimate of drug-likeness (QED) is 0.780. The molecule has 0 spiro atoms. The first-order valence-corrected chi connectivity index (χ1v) is 5.80. The Kier molecular flexibility index (Phi) is 5.49. The second-order valence-electron chi connectivity index (χ2n) is 4.15. The predicted octanol–water partition coefficient (Wildman–Crippen LogP) is 1.23. The van der Waals surface area contributed by atoms with Gasteiger partial charge >= 0.3 is 0 Å². The normalized spacial score (nSPS) is 11.9. The minimum absolute atomic E-state index is 0.0174. The average molecular weight is 236 g/mol. The average Bonchev–Trinajstić information content (AvgIpc) is 2.29. The number of aryl methyl sites for hydroxylation is 1. The van der Waals surface area contributed by atoms with Crippen molar-refractivity contribution in [3.8, 4) is 5.75 Å². The van der Waals surface area contributed by atoms with Crippen LogP contribution in [0.25, 0.3) is 0 Å². The summed E-state index contributed by atoms with van der Waals surface area (Å²) in [7, 11) is 0. The summed E-state index contributed by atoms with van der Waals surface area (Å²) < 4.78 is 5.52. The second-order valence-corrected chi connectivity index (χ2v) is 4.15. The van der Waals surface area contributed by atoms with E-state index in [4.69, 9.17) is 10.5 Å². The predicted molar refractivity (Wildman–Crippen MR) is 68.0 cm³/mol. The van der Waals surface area contributed by atoms with Crippen LogP contribution in [0.4, 0.5) is 0 Å². The van der Waals surface area contributed by atoms with Gasteiger partial charge in [-0.3, -0.25) is 4.79 Å². The fourth-order valence-corrected chi connectivity index (χ4v) is 1.34. The minimum Gasteiger partial charge on any atom is -0.493 e. The number of rotatable bonds is 6. The van der Waals surface area contributed by atoms with E-state index in [1.165, 1.54) is 0 Å². The lowest BCUT2D eigenvalue weighted by atomic mass is 10.2. The largest absolute Gasteiger partial charge is 0.493 e. The van der Waals surface area contributed by atoms with Crippen LogP contribution in [-0.4, -0.2) is 25.1 Å². The van der Waals surface area contributed by atoms with Crippen molar-refractivity contribution in [2.24, 2.45) is 5.73 Å². The van der Waals surface area contributed by atoms with E-state index >= 15 is 0 Å². The van der Waals surface area contributed by atoms with Crippen molar-refractivity contribution in [2.45, 2.75) is 26.3 Å². The molecule has 1 amide bonds. The third kappa shape index (κ3) is 5.36. The number of para-hydroxylation sites is 1. The first-order valence-electron chi connectivity index (χ1n) is 5.80. The molecular formula is C13H20N2O2. The number of carbonyl (C=O) groups excluding carboxylic acids is 1. The SMILES string of the molecule is Cc1ccccc1OCCC(=O)NCC(C)N. The number of benzene rings is 1. The molecule has 0 aliphatic carbocycles. The Bertz CT molecular complexity index is 364. The first kappa shape index (κ1) is 13.5. The van der Waals surface area contributed by atoms with E-state index in [0.29, 0.717) is 19.6 Å². The van der Waals surface area contributed by atoms with Crippen LogP contribution in [0.3, 0.4) is 0 Å². The Morgan fingerprint density at radius 1 is 1.47 bits per heavy atom. The number of nitrogens with one attached hydrogen (secondary N) is 1. The van der Waals surface area contributed by atoms with Gasteiger partial charge in [-0.05, 0) is 25.5 Å². The maximum atomic E-state index is 11.4. The maximum Gasteiger partial charge on any atom is 0.223 e. The zero-order valence-electron chi connectivity index (χ0n) is 10.4. The Balaban J connectivity index is 2.24. The Morgan fingerprint density at radius 3 is 2.82 bits per heavy atom. The van der Waals surface area contributed by atoms with Crippen LogP contribution < -0.4 is 15.8 Å². The third-order valence-electron chi connectivity index (χ3n) is 2.30. The van der Waals surface area contributed by atoms with Crippen molar-refractivity contribution in [3.05, 3.63) is 29.8 Å². The van der Waals surface area contributed by atoms with E-state index in [-0.39, 0.29) is 11.9 Å². The molecule has 0 aliphatic rings. The van der Waals surface area contributed by atoms with Crippen molar-refractivity contribution in [1.29, 1.82) is 0 Å². The first-order chi connectivity index (χ1) is 8.09. The van der Waals surface area contributed by atoms with Crippen LogP contribution in [0.15, 0.2) is 24.3 Å². The summed E-state index contributed by atoms with van der Waals surface area (Å²) in [6, 6.07) is 7.73. The summed E-state index contributed by atoms with van der Waals surface area (Å²) in [5, 5.41) is 2.74. The molecule has 1 aromatic carbocycles. The van der Waals surface area contributed by atoms with Gasteiger partial charge in [0.25, 0.3) is 0 Å². The summed E-state index contributed by atoms with van der Waals surface area (Å²) in [6.45, 7) is 4.72. The van der Waals surface area contributed by atoms with Gasteiger partial charge in [0.2, 0.25) is 5.91 Å². The lowest BCUT2D eigenvalue weighted by Gasteiger charge is -2.10. The minimum atomic E-state index is -0.0316. The molecule has 0 fully saturated rings. The molecule has 0 heterocycles. The number of hydrogen-bond donors (Lipinski definition) is 2. The summed E-state index contributed by atoms with van der Waals surface area (Å²) in [4.78, 5) is 11.4. The second kappa shape index (κ2) is 6.91. The smallest absolute Gasteiger partial charge is 0.223 e. The lowest BCUT2D eigenvalue weighted by molar-refractivity contribution is -0.121. The molecule has 1 aromatic rings. The van der Waals surface area contributed by atoms with E-state index in [1.54, 1.807) is 0 Å². The number of nitrogens with two attached hydrogens (primary N) is 1. The number of ether oxygens (including phenoxy) is 1. The third-order valence-corrected chi connectivity index (χ3v) is 2.30. The molecule has 1 unspecified atom stereocenters. The van der Waals surface area contributed by atoms with Crippen LogP contribution in [0.2, 0.25) is 0 Å². The number of carbonyl (C=O) groups is 1. The highest BCUT2D eigenvalue weighted by Gasteiger charge is 2.03. The van der Waals surface area contributed by atoms with Crippen molar-refractivity contribution in [1.82, 2.24) is 5.32 Å². The molecule has 4 nitrogen and oxygen atoms in total. The van der Waals surface area contributed by atoms with Crippen LogP contribution in [0.1, 0.15) is 18.9 Å². The maximum absolute atomic E-state index is 11.4.